The fourth-order valence-corrected chi connectivity index (χ4v) is 1.82. The quantitative estimate of drug-likeness (QED) is 0.670. The summed E-state index contributed by atoms with van der Waals surface area (Å²) in [6, 6.07) is 0.919. The predicted molar refractivity (Wildman–Crippen MR) is 69.0 cm³/mol. The number of methoxy groups -OCH3 is 1. The van der Waals surface area contributed by atoms with E-state index in [1.165, 1.54) is 0 Å². The molecule has 0 fully saturated rings. The van der Waals surface area contributed by atoms with E-state index in [4.69, 9.17) is 0 Å². The fraction of sp³-hybridized carbons (Fsp3) is 0.500. The number of rotatable bonds is 5. The molecule has 1 aromatic rings. The summed E-state index contributed by atoms with van der Waals surface area (Å²) in [6.07, 6.45) is -4.76. The highest BCUT2D eigenvalue weighted by Gasteiger charge is 2.37. The van der Waals surface area contributed by atoms with Crippen LogP contribution in [0.15, 0.2) is 18.2 Å². The third-order valence-electron chi connectivity index (χ3n) is 2.80. The highest BCUT2D eigenvalue weighted by Crippen LogP contribution is 2.35. The number of alkyl halides is 3. The van der Waals surface area contributed by atoms with Crippen molar-refractivity contribution in [3.8, 4) is 0 Å². The van der Waals surface area contributed by atoms with Crippen molar-refractivity contribution in [3.63, 3.8) is 0 Å². The van der Waals surface area contributed by atoms with Crippen molar-refractivity contribution in [3.05, 3.63) is 35.1 Å². The average Bonchev–Trinajstić information content (AvgIpc) is 2.38. The van der Waals surface area contributed by atoms with Crippen LogP contribution < -0.4 is 5.32 Å². The molecule has 0 bridgehead atoms. The molecule has 118 valence electrons. The maximum Gasteiger partial charge on any atom is 0.416 e. The number of benzene rings is 1. The van der Waals surface area contributed by atoms with Gasteiger partial charge in [0.2, 0.25) is 0 Å². The molecule has 0 saturated heterocycles. The molecule has 0 aliphatic heterocycles. The minimum absolute atomic E-state index is 0.118. The molecule has 21 heavy (non-hydrogen) atoms. The van der Waals surface area contributed by atoms with Gasteiger partial charge >= 0.3 is 12.1 Å². The zero-order valence-corrected chi connectivity index (χ0v) is 11.9. The van der Waals surface area contributed by atoms with Crippen LogP contribution in [0.3, 0.4) is 0 Å². The van der Waals surface area contributed by atoms with Gasteiger partial charge in [0, 0.05) is 0 Å². The van der Waals surface area contributed by atoms with E-state index in [-0.39, 0.29) is 11.5 Å². The molecular formula is C14H17F4NO2. The standard InChI is InChI=1S/C14H17F4NO2/c1-8(2)7-19-12(13(20)21-3)10-5-4-9(15)6-11(10)14(16,17)18/h4-6,8,12,19H,7H2,1-3H3. The third kappa shape index (κ3) is 4.70. The first-order valence-corrected chi connectivity index (χ1v) is 6.34. The third-order valence-corrected chi connectivity index (χ3v) is 2.80. The van der Waals surface area contributed by atoms with Crippen LogP contribution in [-0.2, 0) is 15.7 Å². The first-order chi connectivity index (χ1) is 9.66. The van der Waals surface area contributed by atoms with E-state index in [1.54, 1.807) is 0 Å². The first kappa shape index (κ1) is 17.4. The monoisotopic (exact) mass is 307 g/mol. The summed E-state index contributed by atoms with van der Waals surface area (Å²) < 4.78 is 56.7. The van der Waals surface area contributed by atoms with Gasteiger partial charge in [0.15, 0.2) is 0 Å². The van der Waals surface area contributed by atoms with Crippen LogP contribution in [0, 0.1) is 11.7 Å². The Morgan fingerprint density at radius 1 is 1.33 bits per heavy atom. The molecule has 1 rings (SSSR count). The number of hydrogen-bond donors (Lipinski definition) is 1. The maximum absolute atomic E-state index is 13.1. The van der Waals surface area contributed by atoms with Gasteiger partial charge in [-0.15, -0.1) is 0 Å². The number of carbonyl (C=O) groups excluding carboxylic acids is 1. The Bertz CT molecular complexity index is 500. The highest BCUT2D eigenvalue weighted by atomic mass is 19.4. The molecule has 3 nitrogen and oxygen atoms in total. The van der Waals surface area contributed by atoms with Crippen LogP contribution in [0.25, 0.3) is 0 Å². The summed E-state index contributed by atoms with van der Waals surface area (Å²) in [6.45, 7) is 4.00. The van der Waals surface area contributed by atoms with Crippen LogP contribution >= 0.6 is 0 Å². The highest BCUT2D eigenvalue weighted by molar-refractivity contribution is 5.78. The van der Waals surface area contributed by atoms with Gasteiger partial charge in [-0.1, -0.05) is 19.9 Å². The van der Waals surface area contributed by atoms with E-state index < -0.39 is 29.6 Å². The summed E-state index contributed by atoms with van der Waals surface area (Å²) in [4.78, 5) is 11.7. The molecule has 7 heteroatoms. The van der Waals surface area contributed by atoms with Crippen LogP contribution in [0.1, 0.15) is 31.0 Å². The van der Waals surface area contributed by atoms with Gasteiger partial charge in [0.1, 0.15) is 11.9 Å². The number of hydrogen-bond acceptors (Lipinski definition) is 3. The number of carbonyl (C=O) groups is 1. The molecule has 0 aliphatic carbocycles. The van der Waals surface area contributed by atoms with Gasteiger partial charge in [-0.05, 0) is 30.2 Å². The molecule has 1 atom stereocenters. The molecule has 0 heterocycles. The van der Waals surface area contributed by atoms with Crippen LogP contribution in [0.2, 0.25) is 0 Å². The topological polar surface area (TPSA) is 38.3 Å². The maximum atomic E-state index is 13.1. The zero-order valence-electron chi connectivity index (χ0n) is 11.9. The second kappa shape index (κ2) is 6.89. The van der Waals surface area contributed by atoms with Crippen molar-refractivity contribution in [1.82, 2.24) is 5.32 Å². The van der Waals surface area contributed by atoms with Crippen LogP contribution in [0.5, 0.6) is 0 Å². The lowest BCUT2D eigenvalue weighted by molar-refractivity contribution is -0.145. The molecule has 0 amide bonds. The summed E-state index contributed by atoms with van der Waals surface area (Å²) >= 11 is 0. The molecule has 0 aromatic heterocycles. The Morgan fingerprint density at radius 2 is 1.95 bits per heavy atom. The van der Waals surface area contributed by atoms with Crippen molar-refractivity contribution in [2.45, 2.75) is 26.1 Å². The van der Waals surface area contributed by atoms with Crippen molar-refractivity contribution >= 4 is 5.97 Å². The molecular weight excluding hydrogens is 290 g/mol. The average molecular weight is 307 g/mol. The molecule has 0 aliphatic rings. The van der Waals surface area contributed by atoms with Crippen molar-refractivity contribution in [2.24, 2.45) is 5.92 Å². The number of esters is 1. The fourth-order valence-electron chi connectivity index (χ4n) is 1.82. The van der Waals surface area contributed by atoms with E-state index >= 15 is 0 Å². The Balaban J connectivity index is 3.26. The van der Waals surface area contributed by atoms with E-state index in [2.05, 4.69) is 10.1 Å². The molecule has 0 radical (unpaired) electrons. The lowest BCUT2D eigenvalue weighted by Gasteiger charge is -2.22. The van der Waals surface area contributed by atoms with E-state index in [1.807, 2.05) is 13.8 Å². The summed E-state index contributed by atoms with van der Waals surface area (Å²) in [5.41, 5.74) is -1.54. The molecule has 1 aromatic carbocycles. The van der Waals surface area contributed by atoms with Crippen LogP contribution in [0.4, 0.5) is 17.6 Å². The second-order valence-electron chi connectivity index (χ2n) is 4.99. The summed E-state index contributed by atoms with van der Waals surface area (Å²) in [5.74, 6) is -1.75. The SMILES string of the molecule is COC(=O)C(NCC(C)C)c1ccc(F)cc1C(F)(F)F. The van der Waals surface area contributed by atoms with Gasteiger partial charge < -0.3 is 10.1 Å². The lowest BCUT2D eigenvalue weighted by atomic mass is 9.99. The smallest absolute Gasteiger partial charge is 0.416 e. The largest absolute Gasteiger partial charge is 0.468 e. The van der Waals surface area contributed by atoms with Crippen molar-refractivity contribution in [2.75, 3.05) is 13.7 Å². The van der Waals surface area contributed by atoms with Gasteiger partial charge in [0.05, 0.1) is 12.7 Å². The normalized spacial score (nSPS) is 13.3. The number of ether oxygens (including phenoxy) is 1. The molecule has 1 N–H and O–H groups in total. The Hall–Kier alpha value is -1.63. The number of halogens is 4. The Labute approximate surface area is 120 Å². The second-order valence-corrected chi connectivity index (χ2v) is 4.99. The minimum atomic E-state index is -4.76. The molecule has 1 unspecified atom stereocenters. The minimum Gasteiger partial charge on any atom is -0.468 e. The van der Waals surface area contributed by atoms with E-state index in [0.717, 1.165) is 19.2 Å². The van der Waals surface area contributed by atoms with Crippen molar-refractivity contribution < 1.29 is 27.1 Å². The van der Waals surface area contributed by atoms with Gasteiger partial charge in [-0.2, -0.15) is 13.2 Å². The lowest BCUT2D eigenvalue weighted by Crippen LogP contribution is -2.33. The van der Waals surface area contributed by atoms with E-state index in [9.17, 15) is 22.4 Å². The zero-order chi connectivity index (χ0) is 16.2. The summed E-state index contributed by atoms with van der Waals surface area (Å²) in [7, 11) is 1.09. The molecule has 0 spiro atoms. The predicted octanol–water partition coefficient (Wildman–Crippen LogP) is 3.30. The Kier molecular flexibility index (Phi) is 5.71. The molecule has 0 saturated carbocycles. The van der Waals surface area contributed by atoms with E-state index in [0.29, 0.717) is 12.6 Å². The first-order valence-electron chi connectivity index (χ1n) is 6.34. The summed E-state index contributed by atoms with van der Waals surface area (Å²) in [5, 5.41) is 2.72. The van der Waals surface area contributed by atoms with Gasteiger partial charge in [0.25, 0.3) is 0 Å². The van der Waals surface area contributed by atoms with Gasteiger partial charge in [-0.3, -0.25) is 0 Å². The van der Waals surface area contributed by atoms with Gasteiger partial charge in [-0.25, -0.2) is 9.18 Å². The number of nitrogens with one attached hydrogen (secondary N) is 1. The van der Waals surface area contributed by atoms with Crippen LogP contribution in [-0.4, -0.2) is 19.6 Å². The van der Waals surface area contributed by atoms with Crippen molar-refractivity contribution in [1.29, 1.82) is 0 Å². The Morgan fingerprint density at radius 3 is 2.43 bits per heavy atom.